The zero-order valence-electron chi connectivity index (χ0n) is 12.6. The van der Waals surface area contributed by atoms with Crippen LogP contribution in [0.25, 0.3) is 0 Å². The lowest BCUT2D eigenvalue weighted by Crippen LogP contribution is -2.28. The Kier molecular flexibility index (Phi) is 7.57. The van der Waals surface area contributed by atoms with Gasteiger partial charge in [0.2, 0.25) is 0 Å². The van der Waals surface area contributed by atoms with E-state index >= 15 is 0 Å². The van der Waals surface area contributed by atoms with E-state index in [2.05, 4.69) is 32.4 Å². The van der Waals surface area contributed by atoms with Crippen molar-refractivity contribution >= 4 is 11.7 Å². The molecule has 20 heavy (non-hydrogen) atoms. The Labute approximate surface area is 121 Å². The summed E-state index contributed by atoms with van der Waals surface area (Å²) in [6.07, 6.45) is 4.54. The van der Waals surface area contributed by atoms with Crippen molar-refractivity contribution in [2.24, 2.45) is 0 Å². The molecule has 0 saturated heterocycles. The maximum absolute atomic E-state index is 11.9. The SMILES string of the molecule is CCCCNc1cc(C(=O)NCCCN(C)C)ncn1. The summed E-state index contributed by atoms with van der Waals surface area (Å²) in [5.41, 5.74) is 0.406. The third-order valence-electron chi connectivity index (χ3n) is 2.80. The van der Waals surface area contributed by atoms with Gasteiger partial charge in [0.05, 0.1) is 0 Å². The van der Waals surface area contributed by atoms with Crippen LogP contribution >= 0.6 is 0 Å². The van der Waals surface area contributed by atoms with Gasteiger partial charge < -0.3 is 15.5 Å². The van der Waals surface area contributed by atoms with Crippen molar-refractivity contribution in [1.29, 1.82) is 0 Å². The second-order valence-electron chi connectivity index (χ2n) is 4.98. The first-order valence-corrected chi connectivity index (χ1v) is 7.12. The molecule has 1 heterocycles. The van der Waals surface area contributed by atoms with Crippen molar-refractivity contribution in [2.45, 2.75) is 26.2 Å². The van der Waals surface area contributed by atoms with Crippen molar-refractivity contribution < 1.29 is 4.79 Å². The van der Waals surface area contributed by atoms with Gasteiger partial charge in [-0.25, -0.2) is 9.97 Å². The van der Waals surface area contributed by atoms with Gasteiger partial charge in [-0.15, -0.1) is 0 Å². The van der Waals surface area contributed by atoms with Gasteiger partial charge in [-0.3, -0.25) is 4.79 Å². The number of nitrogens with zero attached hydrogens (tertiary/aromatic N) is 3. The molecule has 1 rings (SSSR count). The first-order chi connectivity index (χ1) is 9.63. The van der Waals surface area contributed by atoms with Crippen LogP contribution in [0.15, 0.2) is 12.4 Å². The molecule has 1 aromatic heterocycles. The molecule has 6 nitrogen and oxygen atoms in total. The number of carbonyl (C=O) groups is 1. The van der Waals surface area contributed by atoms with Crippen LogP contribution in [0.2, 0.25) is 0 Å². The second-order valence-corrected chi connectivity index (χ2v) is 4.98. The second kappa shape index (κ2) is 9.25. The molecular formula is C14H25N5O. The zero-order valence-corrected chi connectivity index (χ0v) is 12.6. The lowest BCUT2D eigenvalue weighted by atomic mass is 10.3. The van der Waals surface area contributed by atoms with Gasteiger partial charge in [0.25, 0.3) is 5.91 Å². The third kappa shape index (κ3) is 6.47. The average Bonchev–Trinajstić information content (AvgIpc) is 2.44. The average molecular weight is 279 g/mol. The van der Waals surface area contributed by atoms with Crippen LogP contribution in [0.1, 0.15) is 36.7 Å². The number of unbranched alkanes of at least 4 members (excludes halogenated alkanes) is 1. The van der Waals surface area contributed by atoms with Gasteiger partial charge in [-0.2, -0.15) is 0 Å². The predicted molar refractivity (Wildman–Crippen MR) is 80.9 cm³/mol. The highest BCUT2D eigenvalue weighted by molar-refractivity contribution is 5.92. The van der Waals surface area contributed by atoms with E-state index in [0.29, 0.717) is 18.1 Å². The van der Waals surface area contributed by atoms with Crippen molar-refractivity contribution in [2.75, 3.05) is 39.0 Å². The van der Waals surface area contributed by atoms with E-state index in [0.717, 1.165) is 32.4 Å². The first kappa shape index (κ1) is 16.4. The highest BCUT2D eigenvalue weighted by Crippen LogP contribution is 2.04. The van der Waals surface area contributed by atoms with Crippen LogP contribution in [-0.4, -0.2) is 54.5 Å². The minimum atomic E-state index is -0.148. The topological polar surface area (TPSA) is 70.2 Å². The lowest BCUT2D eigenvalue weighted by Gasteiger charge is -2.10. The van der Waals surface area contributed by atoms with Crippen LogP contribution in [0.4, 0.5) is 5.82 Å². The standard InChI is InChI=1S/C14H25N5O/c1-4-5-7-15-13-10-12(17-11-18-13)14(20)16-8-6-9-19(2)3/h10-11H,4-9H2,1-3H3,(H,16,20)(H,15,17,18). The molecular weight excluding hydrogens is 254 g/mol. The molecule has 0 saturated carbocycles. The molecule has 0 unspecified atom stereocenters. The minimum absolute atomic E-state index is 0.148. The number of nitrogens with one attached hydrogen (secondary N) is 2. The molecule has 112 valence electrons. The summed E-state index contributed by atoms with van der Waals surface area (Å²) >= 11 is 0. The van der Waals surface area contributed by atoms with E-state index < -0.39 is 0 Å². The van der Waals surface area contributed by atoms with Crippen LogP contribution in [-0.2, 0) is 0 Å². The van der Waals surface area contributed by atoms with E-state index in [1.54, 1.807) is 6.07 Å². The predicted octanol–water partition coefficient (Wildman–Crippen LogP) is 1.37. The summed E-state index contributed by atoms with van der Waals surface area (Å²) in [7, 11) is 4.03. The molecule has 0 atom stereocenters. The highest BCUT2D eigenvalue weighted by atomic mass is 16.1. The van der Waals surface area contributed by atoms with Crippen LogP contribution in [0.3, 0.4) is 0 Å². The molecule has 2 N–H and O–H groups in total. The molecule has 0 aromatic carbocycles. The number of hydrogen-bond acceptors (Lipinski definition) is 5. The van der Waals surface area contributed by atoms with Gasteiger partial charge in [-0.1, -0.05) is 13.3 Å². The summed E-state index contributed by atoms with van der Waals surface area (Å²) in [5, 5.41) is 6.05. The molecule has 0 fully saturated rings. The van der Waals surface area contributed by atoms with Gasteiger partial charge in [0.1, 0.15) is 17.8 Å². The van der Waals surface area contributed by atoms with Crippen LogP contribution in [0, 0.1) is 0 Å². The third-order valence-corrected chi connectivity index (χ3v) is 2.80. The molecule has 0 spiro atoms. The Morgan fingerprint density at radius 1 is 1.25 bits per heavy atom. The molecule has 0 aliphatic carbocycles. The van der Waals surface area contributed by atoms with Gasteiger partial charge in [0.15, 0.2) is 0 Å². The van der Waals surface area contributed by atoms with Gasteiger partial charge in [-0.05, 0) is 33.5 Å². The smallest absolute Gasteiger partial charge is 0.270 e. The number of amides is 1. The molecule has 0 bridgehead atoms. The number of anilines is 1. The largest absolute Gasteiger partial charge is 0.370 e. The van der Waals surface area contributed by atoms with E-state index in [4.69, 9.17) is 0 Å². The lowest BCUT2D eigenvalue weighted by molar-refractivity contribution is 0.0947. The Balaban J connectivity index is 2.41. The molecule has 1 amide bonds. The fourth-order valence-electron chi connectivity index (χ4n) is 1.66. The number of rotatable bonds is 9. The summed E-state index contributed by atoms with van der Waals surface area (Å²) in [6.45, 7) is 4.60. The number of carbonyl (C=O) groups excluding carboxylic acids is 1. The summed E-state index contributed by atoms with van der Waals surface area (Å²) in [6, 6.07) is 1.69. The molecule has 0 radical (unpaired) electrons. The number of aromatic nitrogens is 2. The number of hydrogen-bond donors (Lipinski definition) is 2. The highest BCUT2D eigenvalue weighted by Gasteiger charge is 2.07. The summed E-state index contributed by atoms with van der Waals surface area (Å²) in [4.78, 5) is 22.1. The first-order valence-electron chi connectivity index (χ1n) is 7.12. The summed E-state index contributed by atoms with van der Waals surface area (Å²) in [5.74, 6) is 0.552. The van der Waals surface area contributed by atoms with E-state index in [9.17, 15) is 4.79 Å². The Bertz CT molecular complexity index is 408. The molecule has 0 aliphatic heterocycles. The molecule has 1 aromatic rings. The van der Waals surface area contributed by atoms with Crippen molar-refractivity contribution in [3.8, 4) is 0 Å². The Morgan fingerprint density at radius 2 is 2.05 bits per heavy atom. The van der Waals surface area contributed by atoms with E-state index in [1.807, 2.05) is 14.1 Å². The van der Waals surface area contributed by atoms with Crippen molar-refractivity contribution in [1.82, 2.24) is 20.2 Å². The molecule has 6 heteroatoms. The van der Waals surface area contributed by atoms with Gasteiger partial charge in [0, 0.05) is 19.2 Å². The maximum atomic E-state index is 11.9. The monoisotopic (exact) mass is 279 g/mol. The normalized spacial score (nSPS) is 10.6. The maximum Gasteiger partial charge on any atom is 0.270 e. The van der Waals surface area contributed by atoms with Crippen LogP contribution < -0.4 is 10.6 Å². The fraction of sp³-hybridized carbons (Fsp3) is 0.643. The quantitative estimate of drug-likeness (QED) is 0.668. The molecule has 0 aliphatic rings. The fourth-order valence-corrected chi connectivity index (χ4v) is 1.66. The Morgan fingerprint density at radius 3 is 2.75 bits per heavy atom. The van der Waals surface area contributed by atoms with Crippen molar-refractivity contribution in [3.05, 3.63) is 18.1 Å². The Hall–Kier alpha value is -1.69. The van der Waals surface area contributed by atoms with Gasteiger partial charge >= 0.3 is 0 Å². The van der Waals surface area contributed by atoms with E-state index in [1.165, 1.54) is 6.33 Å². The van der Waals surface area contributed by atoms with Crippen molar-refractivity contribution in [3.63, 3.8) is 0 Å². The van der Waals surface area contributed by atoms with Crippen LogP contribution in [0.5, 0.6) is 0 Å². The minimum Gasteiger partial charge on any atom is -0.370 e. The van der Waals surface area contributed by atoms with E-state index in [-0.39, 0.29) is 5.91 Å². The zero-order chi connectivity index (χ0) is 14.8. The summed E-state index contributed by atoms with van der Waals surface area (Å²) < 4.78 is 0.